The van der Waals surface area contributed by atoms with Crippen LogP contribution in [0.3, 0.4) is 0 Å². The molecule has 1 aromatic carbocycles. The molecule has 5 aliphatic heterocycles. The van der Waals surface area contributed by atoms with Gasteiger partial charge >= 0.3 is 16.9 Å². The van der Waals surface area contributed by atoms with E-state index in [4.69, 9.17) is 8.22 Å². The molecule has 0 N–H and O–H groups in total. The second kappa shape index (κ2) is 23.2. The summed E-state index contributed by atoms with van der Waals surface area (Å²) in [4.78, 5) is 48.0. The molecule has 25 heteroatoms. The molecule has 0 saturated carbocycles. The van der Waals surface area contributed by atoms with Crippen LogP contribution in [-0.4, -0.2) is 68.1 Å². The lowest BCUT2D eigenvalue weighted by atomic mass is 10.2. The normalized spacial score (nSPS) is 14.0. The van der Waals surface area contributed by atoms with Crippen molar-refractivity contribution in [3.8, 4) is 59.4 Å². The summed E-state index contributed by atoms with van der Waals surface area (Å²) >= 11 is 10.4. The Hall–Kier alpha value is -11.7. The molecule has 0 radical (unpaired) electrons. The van der Waals surface area contributed by atoms with Gasteiger partial charge in [-0.2, -0.15) is 9.13 Å². The minimum absolute atomic E-state index is 0.507. The first kappa shape index (κ1) is 54.0. The van der Waals surface area contributed by atoms with Crippen LogP contribution in [0.15, 0.2) is 214 Å². The van der Waals surface area contributed by atoms with Gasteiger partial charge in [-0.25, -0.2) is 51.9 Å². The van der Waals surface area contributed by atoms with Crippen molar-refractivity contribution in [3.05, 3.63) is 242 Å². The van der Waals surface area contributed by atoms with E-state index in [1.165, 1.54) is 110 Å². The molecular weight excluding hydrogens is 1410 g/mol. The van der Waals surface area contributed by atoms with Crippen LogP contribution in [0.5, 0.6) is 0 Å². The predicted octanol–water partition coefficient (Wildman–Crippen LogP) is 14.7. The lowest BCUT2D eigenvalue weighted by Gasteiger charge is -2.00. The highest BCUT2D eigenvalue weighted by molar-refractivity contribution is 7.32. The Balaban J connectivity index is 0.0000000850. The first-order chi connectivity index (χ1) is 53.8. The Labute approximate surface area is 622 Å². The molecule has 0 atom stereocenters. The van der Waals surface area contributed by atoms with Gasteiger partial charge in [-0.1, -0.05) is 74.9 Å². The predicted molar refractivity (Wildman–Crippen MR) is 412 cm³/mol. The van der Waals surface area contributed by atoms with Gasteiger partial charge in [-0.15, -0.1) is 0 Å². The van der Waals surface area contributed by atoms with Crippen LogP contribution in [0.2, 0.25) is 0 Å². The summed E-state index contributed by atoms with van der Waals surface area (Å²) in [6, 6.07) is 50.9. The van der Waals surface area contributed by atoms with E-state index in [0.29, 0.717) is 30.2 Å². The maximum Gasteiger partial charge on any atom is 0.308 e. The van der Waals surface area contributed by atoms with Crippen LogP contribution >= 0.6 is 68.0 Å². The highest BCUT2D eigenvalue weighted by Gasteiger charge is 2.40. The van der Waals surface area contributed by atoms with Crippen molar-refractivity contribution >= 4 is 172 Å². The average Bonchev–Trinajstić information content (AvgIpc) is 1.57. The van der Waals surface area contributed by atoms with Gasteiger partial charge in [0.25, 0.3) is 15.7 Å². The van der Waals surface area contributed by atoms with Gasteiger partial charge in [0.05, 0.1) is 101 Å². The molecule has 0 amide bonds. The number of thiophene rings is 2. The molecule has 19 nitrogen and oxygen atoms in total. The topological polar surface area (TPSA) is 168 Å². The Morgan fingerprint density at radius 1 is 0.375 bits per heavy atom. The van der Waals surface area contributed by atoms with Crippen molar-refractivity contribution in [1.82, 2.24) is 68.1 Å². The molecule has 0 aliphatic carbocycles. The Morgan fingerprint density at radius 2 is 0.827 bits per heavy atom. The molecule has 0 fully saturated rings. The summed E-state index contributed by atoms with van der Waals surface area (Å²) in [6.07, 6.45) is 18.1. The SMILES string of the molecule is Cn1c2ncccc2c2sc3[n+](c21)Cc1ncccc1-3.[2H]C([2H])([2H])[n+]1c2n(c3c4ncccc4sc31)Cc1ncccc1-2.[2H]C([2H])([2H])n1c2ncccc2c2sc3[n+](c21)Cc1ncccc1-3.c1ccc(-n2c3ncccc3c3sc4[n+](c32)Cc2ncccc2-4)cc1.c1cnc2c(c1)-c1sc3c4cccnc4sc3[n+]1C2. The quantitative estimate of drug-likeness (QED) is 0.144. The van der Waals surface area contributed by atoms with Gasteiger partial charge in [-0.05, 0) is 145 Å². The third-order valence-electron chi connectivity index (χ3n) is 19.9. The fourth-order valence-electron chi connectivity index (χ4n) is 15.4. The van der Waals surface area contributed by atoms with Crippen molar-refractivity contribution in [1.29, 1.82) is 0 Å². The van der Waals surface area contributed by atoms with Crippen LogP contribution in [-0.2, 0) is 53.7 Å². The van der Waals surface area contributed by atoms with Gasteiger partial charge in [0.2, 0.25) is 27.3 Å². The molecule has 21 aromatic rings. The average molecular weight is 1470 g/mol. The van der Waals surface area contributed by atoms with Crippen molar-refractivity contribution < 1.29 is 31.1 Å². The van der Waals surface area contributed by atoms with Gasteiger partial charge in [-0.3, -0.25) is 29.9 Å². The smallest absolute Gasteiger partial charge is 0.256 e. The summed E-state index contributed by atoms with van der Waals surface area (Å²) in [6.45, 7) is -0.802. The minimum Gasteiger partial charge on any atom is -0.256 e. The number of benzene rings is 1. The molecule has 0 bridgehead atoms. The number of hydrogen-bond acceptors (Lipinski definition) is 16. The van der Waals surface area contributed by atoms with E-state index in [0.717, 1.165) is 105 Å². The lowest BCUT2D eigenvalue weighted by Crippen LogP contribution is -2.32. The fraction of sp³-hybridized carbons (Fsp3) is 0.101. The van der Waals surface area contributed by atoms with E-state index in [2.05, 4.69) is 140 Å². The number of fused-ring (bicyclic) bond motifs is 35. The Morgan fingerprint density at radius 3 is 1.42 bits per heavy atom. The third kappa shape index (κ3) is 8.78. The number of para-hydroxylation sites is 1. The molecule has 0 unspecified atom stereocenters. The summed E-state index contributed by atoms with van der Waals surface area (Å²) in [5, 5.41) is 9.58. The number of nitrogens with zero attached hydrogens (tertiary/aromatic N) is 19. The molecule has 0 saturated heterocycles. The summed E-state index contributed by atoms with van der Waals surface area (Å²) < 4.78 is 72.3. The molecular formula is C79H54N19S6+5. The van der Waals surface area contributed by atoms with Gasteiger partial charge in [0.1, 0.15) is 66.7 Å². The number of thiazole rings is 4. The number of rotatable bonds is 1. The molecule has 20 aromatic heterocycles. The standard InChI is InChI=1S/C20H13N4S.3C15H11N4S.C14H8N3S2/c1-2-6-13(7-3-1)24-18-15(9-5-11-22-18)17-19(24)23-12-16-14(20(23)25-17)8-4-10-21-16;1-18-14-9-4-2-6-16-10(9)8-19(14)13-12-11(20-15(13)18)5-3-7-17-12;2*1-18-13-10(5-3-7-17-13)12-14(18)19-8-11-9(15(19)20-12)4-2-6-16-11;1-3-8-10(15-5-1)7-17-13(8)18-11-9-4-2-6-16-12(9)19-14(11)17/h1-11H,12H2;3*2-7H,8H2,1H3;1-6H,7H2/q5*+1/i;2*1D3;;. The summed E-state index contributed by atoms with van der Waals surface area (Å²) in [5.41, 5.74) is 19.7. The number of aryl methyl sites for hydroxylation is 3. The monoisotopic (exact) mass is 1470 g/mol. The molecule has 104 heavy (non-hydrogen) atoms. The number of imidazole rings is 1. The largest absolute Gasteiger partial charge is 0.308 e. The zero-order valence-corrected chi connectivity index (χ0v) is 59.6. The second-order valence-corrected chi connectivity index (χ2v) is 31.6. The minimum atomic E-state index is -2.28. The van der Waals surface area contributed by atoms with Crippen LogP contribution in [0.4, 0.5) is 0 Å². The van der Waals surface area contributed by atoms with Crippen LogP contribution in [0, 0.1) is 0 Å². The first-order valence-corrected chi connectivity index (χ1v) is 38.4. The molecule has 25 heterocycles. The summed E-state index contributed by atoms with van der Waals surface area (Å²) in [5.74, 6) is 0.696. The van der Waals surface area contributed by atoms with Crippen LogP contribution in [0.1, 0.15) is 36.7 Å². The van der Waals surface area contributed by atoms with E-state index in [-0.39, 0.29) is 0 Å². The van der Waals surface area contributed by atoms with Gasteiger partial charge in [0.15, 0.2) is 21.6 Å². The van der Waals surface area contributed by atoms with Crippen molar-refractivity contribution in [2.45, 2.75) is 32.7 Å². The van der Waals surface area contributed by atoms with E-state index < -0.39 is 14.0 Å². The van der Waals surface area contributed by atoms with Crippen molar-refractivity contribution in [3.63, 3.8) is 0 Å². The Kier molecular flexibility index (Phi) is 12.0. The van der Waals surface area contributed by atoms with Gasteiger partial charge < -0.3 is 0 Å². The maximum absolute atomic E-state index is 8.00. The molecule has 26 rings (SSSR count). The lowest BCUT2D eigenvalue weighted by molar-refractivity contribution is -0.645. The second-order valence-electron chi connectivity index (χ2n) is 25.6. The van der Waals surface area contributed by atoms with Crippen molar-refractivity contribution in [2.24, 2.45) is 21.0 Å². The molecule has 5 aliphatic rings. The number of hydrogen-bond donors (Lipinski definition) is 0. The zero-order valence-electron chi connectivity index (χ0n) is 60.7. The van der Waals surface area contributed by atoms with E-state index in [9.17, 15) is 0 Å². The van der Waals surface area contributed by atoms with E-state index in [1.54, 1.807) is 47.5 Å². The first-order valence-electron chi connectivity index (χ1n) is 36.5. The molecule has 496 valence electrons. The van der Waals surface area contributed by atoms with E-state index >= 15 is 0 Å². The van der Waals surface area contributed by atoms with Crippen LogP contribution in [0.25, 0.3) is 164 Å². The maximum atomic E-state index is 8.00. The van der Waals surface area contributed by atoms with Crippen molar-refractivity contribution in [2.75, 3.05) is 0 Å². The fourth-order valence-corrected chi connectivity index (χ4v) is 23.1. The highest BCUT2D eigenvalue weighted by Crippen LogP contribution is 2.45. The zero-order chi connectivity index (χ0) is 73.6. The third-order valence-corrected chi connectivity index (χ3v) is 27.2. The molecule has 0 spiro atoms. The van der Waals surface area contributed by atoms with Gasteiger partial charge in [0, 0.05) is 67.4 Å². The highest BCUT2D eigenvalue weighted by atomic mass is 32.1. The summed E-state index contributed by atoms with van der Waals surface area (Å²) in [7, 11) is 2.09. The number of aromatic nitrogens is 19. The van der Waals surface area contributed by atoms with Crippen LogP contribution < -0.4 is 22.8 Å². The number of pyridine rings is 10. The Bertz CT molecular complexity index is 7440. The van der Waals surface area contributed by atoms with E-state index in [1.807, 2.05) is 171 Å².